The summed E-state index contributed by atoms with van der Waals surface area (Å²) in [4.78, 5) is 11.3. The molecule has 74 valence electrons. The molecule has 0 spiro atoms. The van der Waals surface area contributed by atoms with Crippen LogP contribution in [0, 0.1) is 0 Å². The molecular formula is C10H8N4O. The predicted octanol–water partition coefficient (Wildman–Crippen LogP) is 0.909. The number of benzene rings is 1. The fraction of sp³-hybridized carbons (Fsp3) is 0.200. The van der Waals surface area contributed by atoms with Gasteiger partial charge in [-0.15, -0.1) is 10.2 Å². The van der Waals surface area contributed by atoms with Crippen molar-refractivity contribution in [3.8, 4) is 0 Å². The number of nitrogens with zero attached hydrogens (tertiary/aromatic N) is 3. The lowest BCUT2D eigenvalue weighted by Gasteiger charge is -2.17. The van der Waals surface area contributed by atoms with Crippen LogP contribution >= 0.6 is 0 Å². The van der Waals surface area contributed by atoms with Crippen molar-refractivity contribution >= 4 is 22.5 Å². The second-order valence-electron chi connectivity index (χ2n) is 3.51. The largest absolute Gasteiger partial charge is 0.325 e. The van der Waals surface area contributed by atoms with E-state index in [4.69, 9.17) is 0 Å². The number of hydrogen-bond donors (Lipinski definition) is 1. The first-order valence-electron chi connectivity index (χ1n) is 4.74. The highest BCUT2D eigenvalue weighted by molar-refractivity contribution is 6.03. The van der Waals surface area contributed by atoms with E-state index in [1.54, 1.807) is 6.20 Å². The molecule has 15 heavy (non-hydrogen) atoms. The van der Waals surface area contributed by atoms with Crippen molar-refractivity contribution in [2.75, 3.05) is 5.32 Å². The Morgan fingerprint density at radius 2 is 2.20 bits per heavy atom. The van der Waals surface area contributed by atoms with E-state index in [0.29, 0.717) is 6.42 Å². The number of carbonyl (C=O) groups is 1. The molecule has 0 bridgehead atoms. The van der Waals surface area contributed by atoms with Crippen molar-refractivity contribution in [2.45, 2.75) is 12.8 Å². The van der Waals surface area contributed by atoms with E-state index in [2.05, 4.69) is 20.7 Å². The van der Waals surface area contributed by atoms with Crippen molar-refractivity contribution < 1.29 is 4.79 Å². The van der Waals surface area contributed by atoms with Gasteiger partial charge in [0.25, 0.3) is 0 Å². The summed E-state index contributed by atoms with van der Waals surface area (Å²) >= 11 is 0. The molecule has 0 radical (unpaired) electrons. The van der Waals surface area contributed by atoms with Gasteiger partial charge in [0, 0.05) is 11.8 Å². The molecule has 0 saturated heterocycles. The second kappa shape index (κ2) is 2.98. The lowest BCUT2D eigenvalue weighted by atomic mass is 10.0. The van der Waals surface area contributed by atoms with Crippen molar-refractivity contribution in [2.24, 2.45) is 0 Å². The molecule has 2 aromatic rings. The molecule has 0 aliphatic carbocycles. The molecule has 0 fully saturated rings. The molecular weight excluding hydrogens is 192 g/mol. The smallest absolute Gasteiger partial charge is 0.224 e. The van der Waals surface area contributed by atoms with Gasteiger partial charge in [0.15, 0.2) is 0 Å². The zero-order chi connectivity index (χ0) is 10.3. The Bertz CT molecular complexity index is 552. The Hall–Kier alpha value is -2.04. The van der Waals surface area contributed by atoms with Gasteiger partial charge in [-0.1, -0.05) is 6.07 Å². The molecule has 1 aromatic carbocycles. The first-order valence-corrected chi connectivity index (χ1v) is 4.74. The summed E-state index contributed by atoms with van der Waals surface area (Å²) in [5, 5.41) is 14.9. The molecule has 2 heterocycles. The van der Waals surface area contributed by atoms with Crippen LogP contribution in [0.2, 0.25) is 0 Å². The van der Waals surface area contributed by atoms with Gasteiger partial charge in [-0.2, -0.15) is 0 Å². The minimum atomic E-state index is 0.0480. The Morgan fingerprint density at radius 3 is 3.13 bits per heavy atom. The van der Waals surface area contributed by atoms with E-state index in [1.807, 2.05) is 12.1 Å². The van der Waals surface area contributed by atoms with E-state index in [9.17, 15) is 4.79 Å². The highest BCUT2D eigenvalue weighted by Gasteiger charge is 2.17. The van der Waals surface area contributed by atoms with Crippen LogP contribution in [0.4, 0.5) is 5.69 Å². The van der Waals surface area contributed by atoms with Gasteiger partial charge in [-0.25, -0.2) is 0 Å². The fourth-order valence-corrected chi connectivity index (χ4v) is 1.84. The molecule has 0 saturated carbocycles. The van der Waals surface area contributed by atoms with Gasteiger partial charge in [-0.3, -0.25) is 4.79 Å². The molecule has 1 N–H and O–H groups in total. The molecule has 3 rings (SSSR count). The van der Waals surface area contributed by atoms with Crippen molar-refractivity contribution in [1.82, 2.24) is 15.4 Å². The van der Waals surface area contributed by atoms with Crippen LogP contribution in [-0.4, -0.2) is 21.3 Å². The molecule has 0 atom stereocenters. The Kier molecular flexibility index (Phi) is 1.65. The molecule has 0 unspecified atom stereocenters. The van der Waals surface area contributed by atoms with Crippen molar-refractivity contribution in [3.05, 3.63) is 23.9 Å². The van der Waals surface area contributed by atoms with Crippen LogP contribution in [0.25, 0.3) is 10.9 Å². The standard InChI is InChI=1S/C10H8N4O/c15-9-4-2-6-1-3-8-7(10(6)12-9)5-11-14-13-8/h1,3,5H,2,4H2,(H,12,15). The van der Waals surface area contributed by atoms with Crippen LogP contribution in [0.15, 0.2) is 18.3 Å². The van der Waals surface area contributed by atoms with E-state index < -0.39 is 0 Å². The first-order chi connectivity index (χ1) is 7.34. The number of rotatable bonds is 0. The summed E-state index contributed by atoms with van der Waals surface area (Å²) in [6.45, 7) is 0. The highest BCUT2D eigenvalue weighted by Crippen LogP contribution is 2.29. The minimum Gasteiger partial charge on any atom is -0.325 e. The SMILES string of the molecule is O=C1CCc2ccc3nnncc3c2N1. The Balaban J connectivity index is 2.32. The number of carbonyl (C=O) groups excluding carboxylic acids is 1. The highest BCUT2D eigenvalue weighted by atomic mass is 16.1. The maximum atomic E-state index is 11.3. The summed E-state index contributed by atoms with van der Waals surface area (Å²) < 4.78 is 0. The second-order valence-corrected chi connectivity index (χ2v) is 3.51. The summed E-state index contributed by atoms with van der Waals surface area (Å²) in [6, 6.07) is 3.88. The van der Waals surface area contributed by atoms with Gasteiger partial charge >= 0.3 is 0 Å². The summed E-state index contributed by atoms with van der Waals surface area (Å²) in [6.07, 6.45) is 2.96. The number of hydrogen-bond acceptors (Lipinski definition) is 4. The average Bonchev–Trinajstić information content (AvgIpc) is 2.29. The molecule has 1 aliphatic rings. The number of aryl methyl sites for hydroxylation is 1. The van der Waals surface area contributed by atoms with Crippen LogP contribution in [0.5, 0.6) is 0 Å². The molecule has 1 amide bonds. The van der Waals surface area contributed by atoms with Crippen LogP contribution in [0.3, 0.4) is 0 Å². The van der Waals surface area contributed by atoms with Crippen LogP contribution < -0.4 is 5.32 Å². The number of amides is 1. The fourth-order valence-electron chi connectivity index (χ4n) is 1.84. The summed E-state index contributed by atoms with van der Waals surface area (Å²) in [7, 11) is 0. The number of aromatic nitrogens is 3. The zero-order valence-corrected chi connectivity index (χ0v) is 7.90. The Morgan fingerprint density at radius 1 is 1.27 bits per heavy atom. The van der Waals surface area contributed by atoms with Crippen LogP contribution in [-0.2, 0) is 11.2 Å². The molecule has 1 aromatic heterocycles. The number of nitrogens with one attached hydrogen (secondary N) is 1. The summed E-state index contributed by atoms with van der Waals surface area (Å²) in [5.74, 6) is 0.0480. The third-order valence-electron chi connectivity index (χ3n) is 2.59. The van der Waals surface area contributed by atoms with E-state index in [-0.39, 0.29) is 5.91 Å². The molecule has 5 heteroatoms. The number of anilines is 1. The number of fused-ring (bicyclic) bond motifs is 3. The predicted molar refractivity (Wildman–Crippen MR) is 54.3 cm³/mol. The first kappa shape index (κ1) is 8.28. The monoisotopic (exact) mass is 200 g/mol. The van der Waals surface area contributed by atoms with Crippen molar-refractivity contribution in [1.29, 1.82) is 0 Å². The normalized spacial score (nSPS) is 14.8. The maximum absolute atomic E-state index is 11.3. The van der Waals surface area contributed by atoms with E-state index >= 15 is 0 Å². The minimum absolute atomic E-state index is 0.0480. The lowest BCUT2D eigenvalue weighted by molar-refractivity contribution is -0.116. The maximum Gasteiger partial charge on any atom is 0.224 e. The summed E-state index contributed by atoms with van der Waals surface area (Å²) in [5.41, 5.74) is 2.73. The van der Waals surface area contributed by atoms with Crippen molar-refractivity contribution in [3.63, 3.8) is 0 Å². The zero-order valence-electron chi connectivity index (χ0n) is 7.90. The van der Waals surface area contributed by atoms with Crippen LogP contribution in [0.1, 0.15) is 12.0 Å². The van der Waals surface area contributed by atoms with Gasteiger partial charge < -0.3 is 5.32 Å². The average molecular weight is 200 g/mol. The van der Waals surface area contributed by atoms with Gasteiger partial charge in [0.1, 0.15) is 0 Å². The topological polar surface area (TPSA) is 67.8 Å². The quantitative estimate of drug-likeness (QED) is 0.686. The van der Waals surface area contributed by atoms with Gasteiger partial charge in [-0.05, 0) is 23.3 Å². The molecule has 1 aliphatic heterocycles. The molecule has 5 nitrogen and oxygen atoms in total. The third-order valence-corrected chi connectivity index (χ3v) is 2.59. The van der Waals surface area contributed by atoms with Gasteiger partial charge in [0.2, 0.25) is 5.91 Å². The Labute approximate surface area is 85.5 Å². The van der Waals surface area contributed by atoms with E-state index in [1.165, 1.54) is 0 Å². The van der Waals surface area contributed by atoms with Gasteiger partial charge in [0.05, 0.1) is 17.4 Å². The van der Waals surface area contributed by atoms with E-state index in [0.717, 1.165) is 28.6 Å². The third kappa shape index (κ3) is 1.24. The lowest BCUT2D eigenvalue weighted by Crippen LogP contribution is -2.19.